The van der Waals surface area contributed by atoms with Crippen LogP contribution in [-0.4, -0.2) is 10.7 Å². The van der Waals surface area contributed by atoms with Crippen molar-refractivity contribution in [3.63, 3.8) is 0 Å². The van der Waals surface area contributed by atoms with E-state index < -0.39 is 0 Å². The number of aromatic nitrogens is 1. The average Bonchev–Trinajstić information content (AvgIpc) is 2.67. The van der Waals surface area contributed by atoms with Gasteiger partial charge in [-0.2, -0.15) is 0 Å². The Morgan fingerprint density at radius 1 is 1.27 bits per heavy atom. The first kappa shape index (κ1) is 10.7. The number of rotatable bonds is 3. The molecule has 1 aromatic carbocycles. The van der Waals surface area contributed by atoms with Gasteiger partial charge in [-0.25, -0.2) is 4.98 Å². The van der Waals surface area contributed by atoms with Gasteiger partial charge in [0, 0.05) is 21.5 Å². The van der Waals surface area contributed by atoms with E-state index in [0.29, 0.717) is 0 Å². The molecule has 0 unspecified atom stereocenters. The van der Waals surface area contributed by atoms with Crippen LogP contribution in [0.5, 0.6) is 0 Å². The van der Waals surface area contributed by atoms with Crippen LogP contribution in [0.3, 0.4) is 0 Å². The normalized spacial score (nSPS) is 10.5. The molecule has 0 saturated heterocycles. The van der Waals surface area contributed by atoms with Gasteiger partial charge in [-0.05, 0) is 24.8 Å². The van der Waals surface area contributed by atoms with Crippen molar-refractivity contribution in [2.75, 3.05) is 5.75 Å². The maximum Gasteiger partial charge on any atom is 0.123 e. The lowest BCUT2D eigenvalue weighted by Gasteiger charge is -1.99. The van der Waals surface area contributed by atoms with E-state index >= 15 is 0 Å². The minimum atomic E-state index is 1.11. The molecular weight excluding hydrogens is 222 g/mol. The third kappa shape index (κ3) is 2.61. The smallest absolute Gasteiger partial charge is 0.123 e. The molecule has 78 valence electrons. The number of thioether (sulfide) groups is 1. The molecule has 2 rings (SSSR count). The first-order valence-electron chi connectivity index (χ1n) is 4.95. The number of hydrogen-bond acceptors (Lipinski definition) is 3. The average molecular weight is 235 g/mol. The largest absolute Gasteiger partial charge is 0.244 e. The van der Waals surface area contributed by atoms with E-state index in [1.54, 1.807) is 11.3 Å². The van der Waals surface area contributed by atoms with Gasteiger partial charge in [0.05, 0.1) is 0 Å². The molecule has 0 spiro atoms. The summed E-state index contributed by atoms with van der Waals surface area (Å²) in [5, 5.41) is 1.11. The van der Waals surface area contributed by atoms with Gasteiger partial charge in [0.2, 0.25) is 0 Å². The van der Waals surface area contributed by atoms with Crippen molar-refractivity contribution in [1.82, 2.24) is 4.98 Å². The first-order chi connectivity index (χ1) is 7.29. The van der Waals surface area contributed by atoms with Crippen LogP contribution in [0.1, 0.15) is 11.8 Å². The van der Waals surface area contributed by atoms with Crippen LogP contribution in [0.2, 0.25) is 0 Å². The van der Waals surface area contributed by atoms with Crippen molar-refractivity contribution in [3.05, 3.63) is 35.3 Å². The summed E-state index contributed by atoms with van der Waals surface area (Å²) in [6.45, 7) is 4.26. The van der Waals surface area contributed by atoms with Crippen molar-refractivity contribution in [3.8, 4) is 10.6 Å². The van der Waals surface area contributed by atoms with Crippen molar-refractivity contribution >= 4 is 23.1 Å². The molecule has 0 radical (unpaired) electrons. The van der Waals surface area contributed by atoms with Crippen LogP contribution in [0.25, 0.3) is 10.6 Å². The molecule has 0 aliphatic rings. The Bertz CT molecular complexity index is 431. The predicted molar refractivity (Wildman–Crippen MR) is 68.7 cm³/mol. The number of hydrogen-bond donors (Lipinski definition) is 0. The summed E-state index contributed by atoms with van der Waals surface area (Å²) in [5.74, 6) is 1.12. The Hall–Kier alpha value is -0.800. The van der Waals surface area contributed by atoms with E-state index in [0.717, 1.165) is 10.8 Å². The van der Waals surface area contributed by atoms with E-state index in [2.05, 4.69) is 43.1 Å². The summed E-state index contributed by atoms with van der Waals surface area (Å²) >= 11 is 3.61. The number of nitrogens with zero attached hydrogens (tertiary/aromatic N) is 1. The Balaban J connectivity index is 2.23. The van der Waals surface area contributed by atoms with Crippen molar-refractivity contribution in [1.29, 1.82) is 0 Å². The third-order valence-corrected chi connectivity index (χ3v) is 3.89. The molecule has 0 saturated carbocycles. The molecule has 1 heterocycles. The zero-order valence-electron chi connectivity index (χ0n) is 8.86. The molecular formula is C12H13NS2. The maximum atomic E-state index is 4.37. The molecule has 1 nitrogen and oxygen atoms in total. The highest BCUT2D eigenvalue weighted by atomic mass is 32.2. The van der Waals surface area contributed by atoms with Gasteiger partial charge in [-0.1, -0.05) is 19.1 Å². The fourth-order valence-corrected chi connectivity index (χ4v) is 2.78. The van der Waals surface area contributed by atoms with Gasteiger partial charge in [0.1, 0.15) is 5.01 Å². The molecule has 15 heavy (non-hydrogen) atoms. The maximum absolute atomic E-state index is 4.37. The van der Waals surface area contributed by atoms with E-state index in [1.807, 2.05) is 18.0 Å². The van der Waals surface area contributed by atoms with Crippen molar-refractivity contribution < 1.29 is 0 Å². The lowest BCUT2D eigenvalue weighted by atomic mass is 10.2. The van der Waals surface area contributed by atoms with Crippen molar-refractivity contribution in [2.45, 2.75) is 18.7 Å². The van der Waals surface area contributed by atoms with E-state index in [-0.39, 0.29) is 0 Å². The highest BCUT2D eigenvalue weighted by Crippen LogP contribution is 2.27. The fraction of sp³-hybridized carbons (Fsp3) is 0.250. The zero-order valence-corrected chi connectivity index (χ0v) is 10.5. The Labute approximate surface area is 98.6 Å². The van der Waals surface area contributed by atoms with Crippen LogP contribution in [0.4, 0.5) is 0 Å². The SMILES string of the molecule is CCSc1ccc(-c2ncc(C)s2)cc1. The highest BCUT2D eigenvalue weighted by Gasteiger charge is 2.01. The summed E-state index contributed by atoms with van der Waals surface area (Å²) in [6.07, 6.45) is 1.93. The molecule has 2 aromatic rings. The number of benzene rings is 1. The molecule has 0 N–H and O–H groups in total. The standard InChI is InChI=1S/C12H13NS2/c1-3-14-11-6-4-10(5-7-11)12-13-8-9(2)15-12/h4-8H,3H2,1-2H3. The second-order valence-corrected chi connectivity index (χ2v) is 5.81. The number of thiazole rings is 1. The topological polar surface area (TPSA) is 12.9 Å². The van der Waals surface area contributed by atoms with Crippen LogP contribution >= 0.6 is 23.1 Å². The first-order valence-corrected chi connectivity index (χ1v) is 6.75. The molecule has 3 heteroatoms. The number of aryl methyl sites for hydroxylation is 1. The van der Waals surface area contributed by atoms with Gasteiger partial charge in [-0.15, -0.1) is 23.1 Å². The van der Waals surface area contributed by atoms with Crippen LogP contribution < -0.4 is 0 Å². The van der Waals surface area contributed by atoms with Gasteiger partial charge in [-0.3, -0.25) is 0 Å². The minimum absolute atomic E-state index is 1.11. The molecule has 0 atom stereocenters. The fourth-order valence-electron chi connectivity index (χ4n) is 1.35. The second kappa shape index (κ2) is 4.81. The lowest BCUT2D eigenvalue weighted by molar-refractivity contribution is 1.37. The van der Waals surface area contributed by atoms with Crippen LogP contribution in [0.15, 0.2) is 35.4 Å². The van der Waals surface area contributed by atoms with Gasteiger partial charge < -0.3 is 0 Å². The highest BCUT2D eigenvalue weighted by molar-refractivity contribution is 7.99. The Morgan fingerprint density at radius 3 is 2.53 bits per heavy atom. The van der Waals surface area contributed by atoms with Gasteiger partial charge in [0.15, 0.2) is 0 Å². The monoisotopic (exact) mass is 235 g/mol. The van der Waals surface area contributed by atoms with E-state index in [9.17, 15) is 0 Å². The molecule has 0 aliphatic carbocycles. The van der Waals surface area contributed by atoms with Gasteiger partial charge >= 0.3 is 0 Å². The molecule has 0 bridgehead atoms. The molecule has 0 aliphatic heterocycles. The summed E-state index contributed by atoms with van der Waals surface area (Å²) in [6, 6.07) is 8.63. The quantitative estimate of drug-likeness (QED) is 0.738. The zero-order chi connectivity index (χ0) is 10.7. The van der Waals surface area contributed by atoms with Crippen molar-refractivity contribution in [2.24, 2.45) is 0 Å². The molecule has 0 amide bonds. The Kier molecular flexibility index (Phi) is 3.44. The Morgan fingerprint density at radius 2 is 2.00 bits per heavy atom. The van der Waals surface area contributed by atoms with Crippen LogP contribution in [0, 0.1) is 6.92 Å². The summed E-state index contributed by atoms with van der Waals surface area (Å²) in [7, 11) is 0. The lowest BCUT2D eigenvalue weighted by Crippen LogP contribution is -1.76. The summed E-state index contributed by atoms with van der Waals surface area (Å²) in [4.78, 5) is 6.96. The second-order valence-electron chi connectivity index (χ2n) is 3.23. The van der Waals surface area contributed by atoms with E-state index in [1.165, 1.54) is 15.3 Å². The third-order valence-electron chi connectivity index (χ3n) is 2.03. The minimum Gasteiger partial charge on any atom is -0.244 e. The van der Waals surface area contributed by atoms with Crippen LogP contribution in [-0.2, 0) is 0 Å². The van der Waals surface area contributed by atoms with E-state index in [4.69, 9.17) is 0 Å². The molecule has 1 aromatic heterocycles. The predicted octanol–water partition coefficient (Wildman–Crippen LogP) is 4.23. The molecule has 0 fully saturated rings. The summed E-state index contributed by atoms with van der Waals surface area (Å²) in [5.41, 5.74) is 1.22. The van der Waals surface area contributed by atoms with Gasteiger partial charge in [0.25, 0.3) is 0 Å². The summed E-state index contributed by atoms with van der Waals surface area (Å²) < 4.78 is 0.